The Hall–Kier alpha value is -5.91. The summed E-state index contributed by atoms with van der Waals surface area (Å²) in [6, 6.07) is 49.3. The van der Waals surface area contributed by atoms with Gasteiger partial charge in [0.2, 0.25) is 12.6 Å². The van der Waals surface area contributed by atoms with Gasteiger partial charge < -0.3 is 19.0 Å². The van der Waals surface area contributed by atoms with E-state index in [2.05, 4.69) is 127 Å². The van der Waals surface area contributed by atoms with Crippen molar-refractivity contribution in [2.24, 2.45) is 0 Å². The number of para-hydroxylation sites is 4. The molecular weight excluding hydrogens is 846 g/mol. The summed E-state index contributed by atoms with van der Waals surface area (Å²) in [5.41, 5.74) is 16.9. The maximum Gasteiger partial charge on any atom is 2.00 e. The van der Waals surface area contributed by atoms with Crippen molar-refractivity contribution in [1.82, 2.24) is 9.97 Å². The summed E-state index contributed by atoms with van der Waals surface area (Å²) in [6.45, 7) is 8.51. The minimum absolute atomic E-state index is 0. The Labute approximate surface area is 329 Å². The molecule has 4 heterocycles. The molecule has 54 heavy (non-hydrogen) atoms. The minimum atomic E-state index is -0.232. The van der Waals surface area contributed by atoms with Crippen molar-refractivity contribution < 1.29 is 30.2 Å². The number of hydrogen-bond donors (Lipinski definition) is 0. The number of ether oxygens (including phenoxy) is 1. The Morgan fingerprint density at radius 2 is 1.19 bits per heavy atom. The molecule has 0 aliphatic carbocycles. The number of rotatable bonds is 5. The first-order valence-corrected chi connectivity index (χ1v) is 17.9. The number of anilines is 6. The SMILES string of the molecule is Cc1cccc(C)c1N1c2ccc(Oc3ccccn3)[c-]c2B2c3[c-]c(-c4nc5ccccc5o4)ccc3N(c3c(C)cccc3C)c3cccc1c32.[Pt+2]. The Kier molecular flexibility index (Phi) is 8.28. The molecule has 0 fully saturated rings. The zero-order valence-corrected chi connectivity index (χ0v) is 32.4. The fourth-order valence-corrected chi connectivity index (χ4v) is 8.23. The largest absolute Gasteiger partial charge is 2.00 e. The normalized spacial score (nSPS) is 12.6. The summed E-state index contributed by atoms with van der Waals surface area (Å²) in [5, 5.41) is 0. The van der Waals surface area contributed by atoms with Crippen molar-refractivity contribution in [3.05, 3.63) is 162 Å². The van der Waals surface area contributed by atoms with E-state index in [-0.39, 0.29) is 27.8 Å². The average Bonchev–Trinajstić information content (AvgIpc) is 3.61. The van der Waals surface area contributed by atoms with Crippen molar-refractivity contribution in [2.45, 2.75) is 27.7 Å². The standard InChI is InChI=1S/C46H33BN4O2.Pt/c1-28-12-9-13-29(2)44(28)50-37-23-21-32(46-49-36-16-5-6-19-41(36)53-46)26-34(37)47-35-27-33(52-42-20-7-8-25-48-42)22-24-38(35)51(40-18-11-17-39(50)43(40)47)45-30(3)14-10-15-31(45)4;/h5-25H,1-4H3;/q-2;+2. The average molecular weight is 880 g/mol. The maximum absolute atomic E-state index is 6.37. The van der Waals surface area contributed by atoms with Crippen LogP contribution < -0.4 is 30.9 Å². The van der Waals surface area contributed by atoms with Gasteiger partial charge in [-0.2, -0.15) is 5.46 Å². The van der Waals surface area contributed by atoms with Gasteiger partial charge in [-0.25, -0.2) is 4.98 Å². The Bertz CT molecular complexity index is 2660. The van der Waals surface area contributed by atoms with Crippen LogP contribution in [0.25, 0.3) is 22.6 Å². The zero-order chi connectivity index (χ0) is 35.8. The second-order valence-corrected chi connectivity index (χ2v) is 13.8. The number of fused-ring (bicyclic) bond motifs is 5. The van der Waals surface area contributed by atoms with Crippen LogP contribution in [0.3, 0.4) is 0 Å². The molecule has 0 bridgehead atoms. The second kappa shape index (κ2) is 13.2. The number of pyridine rings is 1. The number of aryl methyl sites for hydroxylation is 4. The fraction of sp³-hybridized carbons (Fsp3) is 0.0870. The van der Waals surface area contributed by atoms with Crippen LogP contribution in [0.1, 0.15) is 22.3 Å². The molecule has 0 amide bonds. The minimum Gasteiger partial charge on any atom is -0.481 e. The second-order valence-electron chi connectivity index (χ2n) is 13.8. The van der Waals surface area contributed by atoms with Crippen molar-refractivity contribution in [3.8, 4) is 23.1 Å². The van der Waals surface area contributed by atoms with Crippen LogP contribution >= 0.6 is 0 Å². The van der Waals surface area contributed by atoms with E-state index >= 15 is 0 Å². The van der Waals surface area contributed by atoms with Crippen LogP contribution in [0.15, 0.2) is 132 Å². The van der Waals surface area contributed by atoms with Crippen molar-refractivity contribution in [1.29, 1.82) is 0 Å². The molecular formula is C46H33BN4O2Pt. The molecule has 0 radical (unpaired) electrons. The van der Waals surface area contributed by atoms with Crippen LogP contribution in [0.4, 0.5) is 34.1 Å². The maximum atomic E-state index is 6.37. The van der Waals surface area contributed by atoms with Crippen molar-refractivity contribution >= 4 is 68.3 Å². The monoisotopic (exact) mass is 879 g/mol. The predicted octanol–water partition coefficient (Wildman–Crippen LogP) is 9.60. The third-order valence-corrected chi connectivity index (χ3v) is 10.5. The molecule has 8 heteroatoms. The Morgan fingerprint density at radius 3 is 1.81 bits per heavy atom. The van der Waals surface area contributed by atoms with E-state index in [4.69, 9.17) is 14.1 Å². The van der Waals surface area contributed by atoms with E-state index in [0.717, 1.165) is 61.7 Å². The quantitative estimate of drug-likeness (QED) is 0.127. The summed E-state index contributed by atoms with van der Waals surface area (Å²) in [5.74, 6) is 1.65. The first-order valence-electron chi connectivity index (χ1n) is 17.9. The van der Waals surface area contributed by atoms with E-state index in [0.29, 0.717) is 17.5 Å². The van der Waals surface area contributed by atoms with Crippen LogP contribution in [-0.2, 0) is 21.1 Å². The molecule has 8 aromatic rings. The van der Waals surface area contributed by atoms with Gasteiger partial charge >= 0.3 is 21.1 Å². The molecule has 0 saturated heterocycles. The number of hydrogen-bond acceptors (Lipinski definition) is 6. The van der Waals surface area contributed by atoms with Gasteiger partial charge in [0.1, 0.15) is 11.5 Å². The summed E-state index contributed by atoms with van der Waals surface area (Å²) in [4.78, 5) is 14.2. The van der Waals surface area contributed by atoms with Gasteiger partial charge in [-0.1, -0.05) is 71.9 Å². The molecule has 0 spiro atoms. The number of aromatic nitrogens is 2. The summed E-state index contributed by atoms with van der Waals surface area (Å²) in [6.07, 6.45) is 1.74. The third kappa shape index (κ3) is 5.29. The van der Waals surface area contributed by atoms with Crippen LogP contribution in [0.5, 0.6) is 11.6 Å². The predicted molar refractivity (Wildman–Crippen MR) is 214 cm³/mol. The van der Waals surface area contributed by atoms with Crippen LogP contribution in [-0.4, -0.2) is 16.7 Å². The first-order chi connectivity index (χ1) is 25.9. The summed E-state index contributed by atoms with van der Waals surface area (Å²) >= 11 is 0. The summed E-state index contributed by atoms with van der Waals surface area (Å²) in [7, 11) is 0. The summed E-state index contributed by atoms with van der Waals surface area (Å²) < 4.78 is 12.7. The van der Waals surface area contributed by atoms with Gasteiger partial charge in [0.05, 0.1) is 5.52 Å². The molecule has 0 saturated carbocycles. The molecule has 2 aromatic heterocycles. The zero-order valence-electron chi connectivity index (χ0n) is 30.1. The molecule has 0 unspecified atom stereocenters. The van der Waals surface area contributed by atoms with Gasteiger partial charge in [-0.15, -0.1) is 41.9 Å². The number of benzene rings is 6. The van der Waals surface area contributed by atoms with Gasteiger partial charge in [0.25, 0.3) is 0 Å². The van der Waals surface area contributed by atoms with Gasteiger partial charge in [-0.3, -0.25) is 4.98 Å². The van der Waals surface area contributed by atoms with Gasteiger partial charge in [0.15, 0.2) is 0 Å². The van der Waals surface area contributed by atoms with E-state index in [1.54, 1.807) is 6.20 Å². The molecule has 10 rings (SSSR count). The molecule has 0 atom stereocenters. The number of nitrogens with zero attached hydrogens (tertiary/aromatic N) is 4. The van der Waals surface area contributed by atoms with E-state index in [1.807, 2.05) is 48.5 Å². The van der Waals surface area contributed by atoms with Crippen molar-refractivity contribution in [3.63, 3.8) is 0 Å². The number of oxazole rings is 1. The topological polar surface area (TPSA) is 54.6 Å². The Balaban J connectivity index is 0.00000384. The van der Waals surface area contributed by atoms with E-state index in [9.17, 15) is 0 Å². The van der Waals surface area contributed by atoms with Gasteiger partial charge in [0, 0.05) is 40.8 Å². The van der Waals surface area contributed by atoms with Crippen LogP contribution in [0.2, 0.25) is 0 Å². The molecule has 6 aromatic carbocycles. The first kappa shape index (κ1) is 33.9. The smallest absolute Gasteiger partial charge is 0.481 e. The van der Waals surface area contributed by atoms with E-state index in [1.165, 1.54) is 27.7 Å². The van der Waals surface area contributed by atoms with Crippen molar-refractivity contribution in [2.75, 3.05) is 9.80 Å². The molecule has 0 N–H and O–H groups in total. The molecule has 262 valence electrons. The fourth-order valence-electron chi connectivity index (χ4n) is 8.23. The van der Waals surface area contributed by atoms with E-state index < -0.39 is 0 Å². The molecule has 2 aliphatic rings. The van der Waals surface area contributed by atoms with Crippen LogP contribution in [0, 0.1) is 39.8 Å². The molecule has 6 nitrogen and oxygen atoms in total. The Morgan fingerprint density at radius 1 is 0.593 bits per heavy atom. The van der Waals surface area contributed by atoms with Gasteiger partial charge in [-0.05, 0) is 91.4 Å². The molecule has 2 aliphatic heterocycles. The third-order valence-electron chi connectivity index (χ3n) is 10.5.